The molecule has 1 fully saturated rings. The molecule has 1 aromatic carbocycles. The van der Waals surface area contributed by atoms with E-state index in [1.807, 2.05) is 37.3 Å². The number of thiazole rings is 1. The number of nitrogens with one attached hydrogen (secondary N) is 1. The predicted octanol–water partition coefficient (Wildman–Crippen LogP) is 4.25. The van der Waals surface area contributed by atoms with E-state index in [-0.39, 0.29) is 12.0 Å². The minimum Gasteiger partial charge on any atom is -0.368 e. The molecule has 3 N–H and O–H groups in total. The van der Waals surface area contributed by atoms with Crippen LogP contribution >= 0.6 is 11.3 Å². The number of aryl methyl sites for hydroxylation is 1. The first-order chi connectivity index (χ1) is 13.6. The third kappa shape index (κ3) is 4.13. The largest absolute Gasteiger partial charge is 0.368 e. The summed E-state index contributed by atoms with van der Waals surface area (Å²) < 4.78 is 0. The Morgan fingerprint density at radius 3 is 2.71 bits per heavy atom. The van der Waals surface area contributed by atoms with E-state index in [9.17, 15) is 0 Å². The van der Waals surface area contributed by atoms with Crippen molar-refractivity contribution in [2.75, 3.05) is 17.6 Å². The van der Waals surface area contributed by atoms with Crippen molar-refractivity contribution in [3.8, 4) is 0 Å². The lowest BCUT2D eigenvalue weighted by Crippen LogP contribution is -2.36. The summed E-state index contributed by atoms with van der Waals surface area (Å²) in [7, 11) is 0. The fourth-order valence-electron chi connectivity index (χ4n) is 3.66. The van der Waals surface area contributed by atoms with Crippen molar-refractivity contribution in [1.82, 2.24) is 24.8 Å². The lowest BCUT2D eigenvalue weighted by molar-refractivity contribution is 0.0982. The average Bonchev–Trinajstić information content (AvgIpc) is 3.14. The van der Waals surface area contributed by atoms with Crippen molar-refractivity contribution in [1.29, 1.82) is 0 Å². The maximum atomic E-state index is 6.00. The van der Waals surface area contributed by atoms with E-state index in [2.05, 4.69) is 37.5 Å². The second kappa shape index (κ2) is 8.20. The van der Waals surface area contributed by atoms with E-state index in [1.54, 1.807) is 11.3 Å². The molecule has 0 aliphatic carbocycles. The zero-order valence-corrected chi connectivity index (χ0v) is 17.0. The van der Waals surface area contributed by atoms with Gasteiger partial charge in [-0.3, -0.25) is 4.90 Å². The Labute approximate surface area is 169 Å². The number of aromatic nitrogens is 4. The summed E-state index contributed by atoms with van der Waals surface area (Å²) in [5.41, 5.74) is 8.00. The quantitative estimate of drug-likeness (QED) is 0.667. The Morgan fingerprint density at radius 1 is 1.14 bits per heavy atom. The molecule has 3 heterocycles. The summed E-state index contributed by atoms with van der Waals surface area (Å²) in [5.74, 6) is 1.39. The molecule has 8 heteroatoms. The summed E-state index contributed by atoms with van der Waals surface area (Å²) >= 11 is 1.74. The van der Waals surface area contributed by atoms with Gasteiger partial charge in [0.1, 0.15) is 5.01 Å². The summed E-state index contributed by atoms with van der Waals surface area (Å²) in [5, 5.41) is 6.51. The van der Waals surface area contributed by atoms with E-state index in [0.717, 1.165) is 24.3 Å². The van der Waals surface area contributed by atoms with Gasteiger partial charge in [0.2, 0.25) is 11.9 Å². The molecule has 2 atom stereocenters. The van der Waals surface area contributed by atoms with Crippen LogP contribution in [0.15, 0.2) is 35.7 Å². The van der Waals surface area contributed by atoms with Gasteiger partial charge in [0.05, 0.1) is 12.1 Å². The van der Waals surface area contributed by atoms with Crippen LogP contribution in [0.25, 0.3) is 0 Å². The van der Waals surface area contributed by atoms with Gasteiger partial charge in [-0.15, -0.1) is 11.3 Å². The van der Waals surface area contributed by atoms with Gasteiger partial charge >= 0.3 is 0 Å². The zero-order valence-electron chi connectivity index (χ0n) is 16.2. The van der Waals surface area contributed by atoms with Gasteiger partial charge in [-0.25, -0.2) is 4.98 Å². The van der Waals surface area contributed by atoms with Crippen molar-refractivity contribution in [3.63, 3.8) is 0 Å². The van der Waals surface area contributed by atoms with E-state index in [0.29, 0.717) is 17.8 Å². The maximum Gasteiger partial charge on any atom is 0.232 e. The predicted molar refractivity (Wildman–Crippen MR) is 113 cm³/mol. The minimum absolute atomic E-state index is 0.0242. The molecule has 28 heavy (non-hydrogen) atoms. The molecule has 1 saturated heterocycles. The molecule has 0 radical (unpaired) electrons. The molecule has 2 aromatic heterocycles. The van der Waals surface area contributed by atoms with Crippen LogP contribution in [0.2, 0.25) is 0 Å². The first kappa shape index (κ1) is 18.8. The Kier molecular flexibility index (Phi) is 5.50. The lowest BCUT2D eigenvalue weighted by atomic mass is 10.00. The van der Waals surface area contributed by atoms with E-state index in [4.69, 9.17) is 10.7 Å². The van der Waals surface area contributed by atoms with Gasteiger partial charge in [-0.05, 0) is 45.4 Å². The number of nitrogens with two attached hydrogens (primary N) is 1. The SMILES string of the molecule is Cc1csc([C@H]2CCCCN2[C@H](C)c2nc(N)nc(Nc3ccccc3)n2)n1. The van der Waals surface area contributed by atoms with Crippen LogP contribution in [0.1, 0.15) is 54.8 Å². The van der Waals surface area contributed by atoms with Gasteiger partial charge < -0.3 is 11.1 Å². The first-order valence-electron chi connectivity index (χ1n) is 9.61. The van der Waals surface area contributed by atoms with Crippen molar-refractivity contribution >= 4 is 28.9 Å². The van der Waals surface area contributed by atoms with E-state index >= 15 is 0 Å². The molecule has 0 spiro atoms. The van der Waals surface area contributed by atoms with Crippen molar-refractivity contribution < 1.29 is 0 Å². The second-order valence-electron chi connectivity index (χ2n) is 7.12. The molecule has 1 aliphatic rings. The average molecular weight is 396 g/mol. The van der Waals surface area contributed by atoms with Gasteiger partial charge in [0, 0.05) is 16.8 Å². The highest BCUT2D eigenvalue weighted by molar-refractivity contribution is 7.09. The minimum atomic E-state index is 0.0242. The number of anilines is 3. The summed E-state index contributed by atoms with van der Waals surface area (Å²) in [4.78, 5) is 20.5. The van der Waals surface area contributed by atoms with Crippen LogP contribution < -0.4 is 11.1 Å². The molecule has 3 aromatic rings. The number of hydrogen-bond donors (Lipinski definition) is 2. The fraction of sp³-hybridized carbons (Fsp3) is 0.400. The third-order valence-corrected chi connectivity index (χ3v) is 6.10. The van der Waals surface area contributed by atoms with Crippen molar-refractivity contribution in [2.45, 2.75) is 45.2 Å². The summed E-state index contributed by atoms with van der Waals surface area (Å²) in [6.45, 7) is 5.18. The van der Waals surface area contributed by atoms with E-state index < -0.39 is 0 Å². The molecular weight excluding hydrogens is 370 g/mol. The Morgan fingerprint density at radius 2 is 1.96 bits per heavy atom. The number of para-hydroxylation sites is 1. The van der Waals surface area contributed by atoms with Crippen LogP contribution in [0.5, 0.6) is 0 Å². The molecule has 0 unspecified atom stereocenters. The number of benzene rings is 1. The molecular formula is C20H25N7S. The molecule has 146 valence electrons. The van der Waals surface area contributed by atoms with E-state index in [1.165, 1.54) is 17.8 Å². The van der Waals surface area contributed by atoms with Crippen LogP contribution in [-0.4, -0.2) is 31.4 Å². The lowest BCUT2D eigenvalue weighted by Gasteiger charge is -2.38. The maximum absolute atomic E-state index is 6.00. The van der Waals surface area contributed by atoms with Crippen LogP contribution in [0.3, 0.4) is 0 Å². The number of rotatable bonds is 5. The van der Waals surface area contributed by atoms with Crippen LogP contribution in [0.4, 0.5) is 17.6 Å². The monoisotopic (exact) mass is 395 g/mol. The van der Waals surface area contributed by atoms with Gasteiger partial charge in [-0.1, -0.05) is 24.6 Å². The van der Waals surface area contributed by atoms with Crippen molar-refractivity contribution in [3.05, 3.63) is 52.2 Å². The highest BCUT2D eigenvalue weighted by Crippen LogP contribution is 2.38. The fourth-order valence-corrected chi connectivity index (χ4v) is 4.61. The van der Waals surface area contributed by atoms with Gasteiger partial charge in [0.25, 0.3) is 0 Å². The van der Waals surface area contributed by atoms with Gasteiger partial charge in [0.15, 0.2) is 5.82 Å². The number of nitrogen functional groups attached to an aromatic ring is 1. The standard InChI is InChI=1S/C20H25N7S/c1-13-12-28-18(22-13)16-10-6-7-11-27(16)14(2)17-24-19(21)26-20(25-17)23-15-8-4-3-5-9-15/h3-5,8-9,12,14,16H,6-7,10-11H2,1-2H3,(H3,21,23,24,25,26)/t14-,16-/m1/s1. The van der Waals surface area contributed by atoms with Crippen LogP contribution in [0, 0.1) is 6.92 Å². The van der Waals surface area contributed by atoms with Gasteiger partial charge in [-0.2, -0.15) is 15.0 Å². The first-order valence-corrected chi connectivity index (χ1v) is 10.5. The Hall–Kier alpha value is -2.58. The molecule has 0 bridgehead atoms. The number of piperidine rings is 1. The Balaban J connectivity index is 1.60. The highest BCUT2D eigenvalue weighted by Gasteiger charge is 2.32. The molecule has 7 nitrogen and oxygen atoms in total. The number of hydrogen-bond acceptors (Lipinski definition) is 8. The normalized spacial score (nSPS) is 18.7. The molecule has 4 rings (SSSR count). The molecule has 1 aliphatic heterocycles. The molecule has 0 amide bonds. The number of likely N-dealkylation sites (tertiary alicyclic amines) is 1. The topological polar surface area (TPSA) is 92.9 Å². The smallest absolute Gasteiger partial charge is 0.232 e. The highest BCUT2D eigenvalue weighted by atomic mass is 32.1. The zero-order chi connectivity index (χ0) is 19.5. The van der Waals surface area contributed by atoms with Crippen LogP contribution in [-0.2, 0) is 0 Å². The summed E-state index contributed by atoms with van der Waals surface area (Å²) in [6.07, 6.45) is 3.49. The Bertz CT molecular complexity index is 927. The van der Waals surface area contributed by atoms with Crippen molar-refractivity contribution in [2.24, 2.45) is 0 Å². The second-order valence-corrected chi connectivity index (χ2v) is 8.01. The summed E-state index contributed by atoms with van der Waals surface area (Å²) in [6, 6.07) is 10.2. The molecule has 0 saturated carbocycles. The third-order valence-electron chi connectivity index (χ3n) is 5.04. The number of nitrogens with zero attached hydrogens (tertiary/aromatic N) is 5.